The number of fused-ring (bicyclic) bond motifs is 1. The standard InChI is InChI=1S/C26H27N5O2/c1-17(2)22-15-28-31-12-8-20(14-24(22)31)23-7-10-27-25(29-23)13-18-3-5-19(6-4-18)26(33)30-11-9-21(32)16-30/h3-8,10,12,14-15,17,21,32H,9,11,13,16H2,1-2H3. The van der Waals surface area contributed by atoms with Crippen molar-refractivity contribution < 1.29 is 9.90 Å². The molecule has 4 aromatic rings. The van der Waals surface area contributed by atoms with Gasteiger partial charge in [0.1, 0.15) is 5.82 Å². The average Bonchev–Trinajstić information content (AvgIpc) is 3.45. The molecular weight excluding hydrogens is 414 g/mol. The lowest BCUT2D eigenvalue weighted by Crippen LogP contribution is -2.29. The van der Waals surface area contributed by atoms with Crippen LogP contribution in [0.3, 0.4) is 0 Å². The number of hydrogen-bond acceptors (Lipinski definition) is 5. The number of hydrogen-bond donors (Lipinski definition) is 1. The van der Waals surface area contributed by atoms with Crippen molar-refractivity contribution in [3.63, 3.8) is 0 Å². The second-order valence-electron chi connectivity index (χ2n) is 8.93. The molecule has 0 saturated carbocycles. The summed E-state index contributed by atoms with van der Waals surface area (Å²) in [5.74, 6) is 1.09. The Kier molecular flexibility index (Phi) is 5.64. The maximum Gasteiger partial charge on any atom is 0.253 e. The highest BCUT2D eigenvalue weighted by atomic mass is 16.3. The van der Waals surface area contributed by atoms with E-state index in [9.17, 15) is 9.90 Å². The Morgan fingerprint density at radius 3 is 2.73 bits per heavy atom. The molecule has 1 fully saturated rings. The summed E-state index contributed by atoms with van der Waals surface area (Å²) in [5.41, 5.74) is 5.88. The number of rotatable bonds is 5. The van der Waals surface area contributed by atoms with E-state index in [1.165, 1.54) is 5.56 Å². The number of benzene rings is 1. The predicted octanol–water partition coefficient (Wildman–Crippen LogP) is 3.71. The molecule has 0 bridgehead atoms. The molecule has 1 atom stereocenters. The van der Waals surface area contributed by atoms with Crippen molar-refractivity contribution in [3.05, 3.63) is 83.6 Å². The van der Waals surface area contributed by atoms with Gasteiger partial charge in [-0.25, -0.2) is 14.5 Å². The Balaban J connectivity index is 1.34. The van der Waals surface area contributed by atoms with Gasteiger partial charge in [0.05, 0.1) is 23.5 Å². The molecule has 1 aromatic carbocycles. The molecule has 1 aliphatic rings. The third kappa shape index (κ3) is 4.36. The van der Waals surface area contributed by atoms with Crippen molar-refractivity contribution in [3.8, 4) is 11.3 Å². The van der Waals surface area contributed by atoms with Crippen LogP contribution in [0.2, 0.25) is 0 Å². The lowest BCUT2D eigenvalue weighted by atomic mass is 10.0. The predicted molar refractivity (Wildman–Crippen MR) is 126 cm³/mol. The quantitative estimate of drug-likeness (QED) is 0.510. The van der Waals surface area contributed by atoms with Crippen molar-refractivity contribution >= 4 is 11.4 Å². The van der Waals surface area contributed by atoms with Gasteiger partial charge in [0.2, 0.25) is 0 Å². The van der Waals surface area contributed by atoms with E-state index in [1.807, 2.05) is 53.3 Å². The SMILES string of the molecule is CC(C)c1cnn2ccc(-c3ccnc(Cc4ccc(C(=O)N5CCC(O)C5)cc4)n3)cc12. The molecule has 5 rings (SSSR count). The van der Waals surface area contributed by atoms with Gasteiger partial charge >= 0.3 is 0 Å². The molecule has 0 aliphatic carbocycles. The lowest BCUT2D eigenvalue weighted by molar-refractivity contribution is 0.0765. The number of carbonyl (C=O) groups excluding carboxylic acids is 1. The molecule has 1 saturated heterocycles. The van der Waals surface area contributed by atoms with Gasteiger partial charge in [0, 0.05) is 48.6 Å². The number of carbonyl (C=O) groups is 1. The Hall–Kier alpha value is -3.58. The van der Waals surface area contributed by atoms with Gasteiger partial charge in [-0.1, -0.05) is 26.0 Å². The number of likely N-dealkylation sites (tertiary alicyclic amines) is 1. The minimum Gasteiger partial charge on any atom is -0.391 e. The molecule has 0 radical (unpaired) electrons. The van der Waals surface area contributed by atoms with E-state index in [1.54, 1.807) is 11.1 Å². The Labute approximate surface area is 192 Å². The summed E-state index contributed by atoms with van der Waals surface area (Å²) in [7, 11) is 0. The first-order valence-electron chi connectivity index (χ1n) is 11.3. The van der Waals surface area contributed by atoms with Crippen molar-refractivity contribution in [1.82, 2.24) is 24.5 Å². The van der Waals surface area contributed by atoms with Crippen LogP contribution in [0.1, 0.15) is 53.5 Å². The molecule has 3 aromatic heterocycles. The van der Waals surface area contributed by atoms with Crippen LogP contribution in [-0.2, 0) is 6.42 Å². The summed E-state index contributed by atoms with van der Waals surface area (Å²) in [5, 5.41) is 14.1. The number of amides is 1. The first-order chi connectivity index (χ1) is 16.0. The summed E-state index contributed by atoms with van der Waals surface area (Å²) < 4.78 is 1.90. The van der Waals surface area contributed by atoms with Crippen LogP contribution in [-0.4, -0.2) is 54.7 Å². The van der Waals surface area contributed by atoms with Crippen molar-refractivity contribution in [1.29, 1.82) is 0 Å². The molecule has 168 valence electrons. The Morgan fingerprint density at radius 2 is 2.00 bits per heavy atom. The molecular formula is C26H27N5O2. The van der Waals surface area contributed by atoms with Gasteiger partial charge in [0.25, 0.3) is 5.91 Å². The molecule has 0 spiro atoms. The van der Waals surface area contributed by atoms with Gasteiger partial charge < -0.3 is 10.0 Å². The van der Waals surface area contributed by atoms with Gasteiger partial charge in [-0.3, -0.25) is 4.79 Å². The van der Waals surface area contributed by atoms with Gasteiger partial charge in [-0.2, -0.15) is 5.10 Å². The van der Waals surface area contributed by atoms with Crippen LogP contribution in [0.15, 0.2) is 61.1 Å². The van der Waals surface area contributed by atoms with E-state index in [4.69, 9.17) is 4.98 Å². The van der Waals surface area contributed by atoms with E-state index < -0.39 is 6.10 Å². The number of aromatic nitrogens is 4. The highest BCUT2D eigenvalue weighted by molar-refractivity contribution is 5.94. The largest absolute Gasteiger partial charge is 0.391 e. The third-order valence-electron chi connectivity index (χ3n) is 6.19. The smallest absolute Gasteiger partial charge is 0.253 e. The number of nitrogens with zero attached hydrogens (tertiary/aromatic N) is 5. The molecule has 7 nitrogen and oxygen atoms in total. The summed E-state index contributed by atoms with van der Waals surface area (Å²) in [6.45, 7) is 5.34. The van der Waals surface area contributed by atoms with Crippen molar-refractivity contribution in [2.45, 2.75) is 38.7 Å². The Bertz CT molecular complexity index is 1300. The molecule has 7 heteroatoms. The summed E-state index contributed by atoms with van der Waals surface area (Å²) in [4.78, 5) is 23.5. The number of aliphatic hydroxyl groups excluding tert-OH is 1. The van der Waals surface area contributed by atoms with Crippen LogP contribution < -0.4 is 0 Å². The maximum atomic E-state index is 12.6. The van der Waals surface area contributed by atoms with Crippen LogP contribution in [0.25, 0.3) is 16.8 Å². The van der Waals surface area contributed by atoms with Crippen LogP contribution in [0.4, 0.5) is 0 Å². The number of aliphatic hydroxyl groups is 1. The minimum absolute atomic E-state index is 0.0348. The van der Waals surface area contributed by atoms with E-state index in [-0.39, 0.29) is 5.91 Å². The highest BCUT2D eigenvalue weighted by Crippen LogP contribution is 2.25. The third-order valence-corrected chi connectivity index (χ3v) is 6.19. The molecule has 1 aliphatic heterocycles. The van der Waals surface area contributed by atoms with Crippen LogP contribution in [0, 0.1) is 0 Å². The Morgan fingerprint density at radius 1 is 1.18 bits per heavy atom. The fraction of sp³-hybridized carbons (Fsp3) is 0.308. The zero-order chi connectivity index (χ0) is 22.9. The molecule has 1 unspecified atom stereocenters. The maximum absolute atomic E-state index is 12.6. The normalized spacial score (nSPS) is 16.1. The zero-order valence-corrected chi connectivity index (χ0v) is 18.8. The molecule has 4 heterocycles. The highest BCUT2D eigenvalue weighted by Gasteiger charge is 2.25. The van der Waals surface area contributed by atoms with Gasteiger partial charge in [-0.05, 0) is 48.2 Å². The lowest BCUT2D eigenvalue weighted by Gasteiger charge is -2.15. The zero-order valence-electron chi connectivity index (χ0n) is 18.8. The van der Waals surface area contributed by atoms with Gasteiger partial charge in [-0.15, -0.1) is 0 Å². The van der Waals surface area contributed by atoms with E-state index >= 15 is 0 Å². The fourth-order valence-electron chi connectivity index (χ4n) is 4.31. The van der Waals surface area contributed by atoms with Crippen molar-refractivity contribution in [2.75, 3.05) is 13.1 Å². The second kappa shape index (κ2) is 8.75. The molecule has 1 N–H and O–H groups in total. The number of pyridine rings is 1. The molecule has 1 amide bonds. The number of β-amino-alcohol motifs (C(OH)–C–C–N with tert-alkyl or cyclic N) is 1. The fourth-order valence-corrected chi connectivity index (χ4v) is 4.31. The first kappa shape index (κ1) is 21.3. The summed E-state index contributed by atoms with van der Waals surface area (Å²) in [6, 6.07) is 13.6. The van der Waals surface area contributed by atoms with E-state index in [0.29, 0.717) is 37.4 Å². The topological polar surface area (TPSA) is 83.6 Å². The second-order valence-corrected chi connectivity index (χ2v) is 8.93. The summed E-state index contributed by atoms with van der Waals surface area (Å²) in [6.07, 6.45) is 6.49. The van der Waals surface area contributed by atoms with E-state index in [2.05, 4.69) is 30.0 Å². The van der Waals surface area contributed by atoms with Crippen LogP contribution in [0.5, 0.6) is 0 Å². The van der Waals surface area contributed by atoms with Crippen LogP contribution >= 0.6 is 0 Å². The monoisotopic (exact) mass is 441 g/mol. The first-order valence-corrected chi connectivity index (χ1v) is 11.3. The summed E-state index contributed by atoms with van der Waals surface area (Å²) >= 11 is 0. The molecule has 33 heavy (non-hydrogen) atoms. The minimum atomic E-state index is -0.413. The van der Waals surface area contributed by atoms with Gasteiger partial charge in [0.15, 0.2) is 0 Å². The average molecular weight is 442 g/mol. The van der Waals surface area contributed by atoms with Crippen molar-refractivity contribution in [2.24, 2.45) is 0 Å². The van der Waals surface area contributed by atoms with E-state index in [0.717, 1.165) is 28.2 Å².